The van der Waals surface area contributed by atoms with Crippen LogP contribution in [0.3, 0.4) is 0 Å². The Morgan fingerprint density at radius 2 is 2.00 bits per heavy atom. The van der Waals surface area contributed by atoms with E-state index in [9.17, 15) is 4.79 Å². The fourth-order valence-electron chi connectivity index (χ4n) is 4.22. The molecule has 2 saturated heterocycles. The Balaban J connectivity index is 1.50. The van der Waals surface area contributed by atoms with Gasteiger partial charge in [-0.15, -0.1) is 0 Å². The molecule has 0 aliphatic carbocycles. The lowest BCUT2D eigenvalue weighted by atomic mass is 10.0. The molecule has 2 aliphatic heterocycles. The number of carbonyl (C=O) groups is 1. The summed E-state index contributed by atoms with van der Waals surface area (Å²) in [5, 5.41) is 4.68. The van der Waals surface area contributed by atoms with E-state index in [1.54, 1.807) is 0 Å². The molecule has 0 saturated carbocycles. The fourth-order valence-corrected chi connectivity index (χ4v) is 4.22. The first kappa shape index (κ1) is 16.3. The molecule has 1 amide bonds. The minimum Gasteiger partial charge on any atom is -0.338 e. The highest BCUT2D eigenvalue weighted by molar-refractivity contribution is 5.78. The van der Waals surface area contributed by atoms with Gasteiger partial charge in [-0.25, -0.2) is 0 Å². The van der Waals surface area contributed by atoms with Crippen LogP contribution >= 0.6 is 0 Å². The maximum absolute atomic E-state index is 12.1. The number of piperidine rings is 1. The van der Waals surface area contributed by atoms with Crippen LogP contribution in [0.15, 0.2) is 36.5 Å². The van der Waals surface area contributed by atoms with Gasteiger partial charge in [-0.3, -0.25) is 14.4 Å². The molecule has 3 heterocycles. The molecule has 25 heavy (non-hydrogen) atoms. The highest BCUT2D eigenvalue weighted by Crippen LogP contribution is 2.26. The van der Waals surface area contributed by atoms with Crippen LogP contribution in [-0.2, 0) is 18.4 Å². The Morgan fingerprint density at radius 1 is 1.16 bits per heavy atom. The van der Waals surface area contributed by atoms with Crippen LogP contribution in [0.2, 0.25) is 0 Å². The van der Waals surface area contributed by atoms with Crippen molar-refractivity contribution in [2.24, 2.45) is 7.05 Å². The first-order valence-corrected chi connectivity index (χ1v) is 9.30. The second-order valence-corrected chi connectivity index (χ2v) is 7.26. The van der Waals surface area contributed by atoms with Crippen molar-refractivity contribution in [3.8, 4) is 11.3 Å². The van der Waals surface area contributed by atoms with Gasteiger partial charge in [0, 0.05) is 56.5 Å². The largest absolute Gasteiger partial charge is 0.338 e. The molecule has 2 aromatic rings. The van der Waals surface area contributed by atoms with Crippen molar-refractivity contribution >= 4 is 5.91 Å². The third-order valence-corrected chi connectivity index (χ3v) is 5.38. The van der Waals surface area contributed by atoms with Crippen molar-refractivity contribution in [3.05, 3.63) is 42.1 Å². The van der Waals surface area contributed by atoms with E-state index in [4.69, 9.17) is 0 Å². The molecule has 1 aromatic carbocycles. The number of likely N-dealkylation sites (tertiary alicyclic amines) is 2. The molecule has 5 nitrogen and oxygen atoms in total. The zero-order chi connectivity index (χ0) is 17.2. The highest BCUT2D eigenvalue weighted by atomic mass is 16.2. The van der Waals surface area contributed by atoms with Crippen LogP contribution in [0.4, 0.5) is 0 Å². The quantitative estimate of drug-likeness (QED) is 0.861. The van der Waals surface area contributed by atoms with E-state index in [-0.39, 0.29) is 0 Å². The number of hydrogen-bond acceptors (Lipinski definition) is 3. The van der Waals surface area contributed by atoms with Gasteiger partial charge >= 0.3 is 0 Å². The maximum atomic E-state index is 12.1. The van der Waals surface area contributed by atoms with Crippen molar-refractivity contribution in [3.63, 3.8) is 0 Å². The number of benzene rings is 1. The summed E-state index contributed by atoms with van der Waals surface area (Å²) in [6.07, 6.45) is 6.19. The van der Waals surface area contributed by atoms with E-state index in [1.807, 2.05) is 17.8 Å². The minimum absolute atomic E-state index is 0.346. The highest BCUT2D eigenvalue weighted by Gasteiger charge is 2.31. The Morgan fingerprint density at radius 3 is 2.76 bits per heavy atom. The van der Waals surface area contributed by atoms with E-state index >= 15 is 0 Å². The first-order chi connectivity index (χ1) is 12.2. The molecule has 0 N–H and O–H groups in total. The molecule has 2 aliphatic rings. The minimum atomic E-state index is 0.346. The Labute approximate surface area is 149 Å². The normalized spacial score (nSPS) is 21.9. The zero-order valence-corrected chi connectivity index (χ0v) is 14.9. The predicted molar refractivity (Wildman–Crippen MR) is 97.9 cm³/mol. The second kappa shape index (κ2) is 7.00. The van der Waals surface area contributed by atoms with Gasteiger partial charge in [-0.05, 0) is 25.8 Å². The zero-order valence-electron chi connectivity index (χ0n) is 14.9. The Bertz CT molecular complexity index is 739. The number of rotatable bonds is 4. The lowest BCUT2D eigenvalue weighted by Gasteiger charge is -2.37. The number of aryl methyl sites for hydroxylation is 1. The monoisotopic (exact) mass is 338 g/mol. The molecule has 2 fully saturated rings. The van der Waals surface area contributed by atoms with Gasteiger partial charge in [0.1, 0.15) is 0 Å². The number of carbonyl (C=O) groups excluding carboxylic acids is 1. The molecule has 5 heteroatoms. The average Bonchev–Trinajstić information content (AvgIpc) is 3.21. The van der Waals surface area contributed by atoms with E-state index < -0.39 is 0 Å². The third kappa shape index (κ3) is 3.47. The third-order valence-electron chi connectivity index (χ3n) is 5.38. The molecule has 1 unspecified atom stereocenters. The van der Waals surface area contributed by atoms with Gasteiger partial charge < -0.3 is 4.90 Å². The van der Waals surface area contributed by atoms with Crippen LogP contribution in [0.1, 0.15) is 31.2 Å². The van der Waals surface area contributed by atoms with Gasteiger partial charge in [-0.2, -0.15) is 5.10 Å². The number of amides is 1. The number of aromatic nitrogens is 2. The van der Waals surface area contributed by atoms with E-state index in [0.29, 0.717) is 11.9 Å². The molecular weight excluding hydrogens is 312 g/mol. The average molecular weight is 338 g/mol. The van der Waals surface area contributed by atoms with Crippen molar-refractivity contribution < 1.29 is 4.79 Å². The first-order valence-electron chi connectivity index (χ1n) is 9.30. The van der Waals surface area contributed by atoms with Crippen LogP contribution in [0.5, 0.6) is 0 Å². The SMILES string of the molecule is Cn1cc(CN2CCCC(N3CCCC3=O)C2)c(-c2ccccc2)n1. The summed E-state index contributed by atoms with van der Waals surface area (Å²) in [5.41, 5.74) is 3.51. The predicted octanol–water partition coefficient (Wildman–Crippen LogP) is 2.67. The Hall–Kier alpha value is -2.14. The van der Waals surface area contributed by atoms with Crippen LogP contribution in [0, 0.1) is 0 Å². The smallest absolute Gasteiger partial charge is 0.222 e. The molecule has 132 valence electrons. The topological polar surface area (TPSA) is 41.4 Å². The summed E-state index contributed by atoms with van der Waals surface area (Å²) in [4.78, 5) is 16.7. The number of hydrogen-bond donors (Lipinski definition) is 0. The van der Waals surface area contributed by atoms with Gasteiger partial charge in [0.15, 0.2) is 0 Å². The summed E-state index contributed by atoms with van der Waals surface area (Å²) in [7, 11) is 1.98. The fraction of sp³-hybridized carbons (Fsp3) is 0.500. The van der Waals surface area contributed by atoms with Crippen molar-refractivity contribution in [2.45, 2.75) is 38.3 Å². The molecule has 4 rings (SSSR count). The van der Waals surface area contributed by atoms with Crippen molar-refractivity contribution in [2.75, 3.05) is 19.6 Å². The summed E-state index contributed by atoms with van der Waals surface area (Å²) in [6, 6.07) is 10.8. The van der Waals surface area contributed by atoms with E-state index in [2.05, 4.69) is 45.4 Å². The molecule has 1 atom stereocenters. The molecule has 1 aromatic heterocycles. The number of nitrogens with zero attached hydrogens (tertiary/aromatic N) is 4. The van der Waals surface area contributed by atoms with Gasteiger partial charge in [0.05, 0.1) is 5.69 Å². The van der Waals surface area contributed by atoms with Gasteiger partial charge in [-0.1, -0.05) is 30.3 Å². The van der Waals surface area contributed by atoms with E-state index in [0.717, 1.165) is 57.6 Å². The standard InChI is InChI=1S/C20H26N4O/c1-22-13-17(20(21-22)16-7-3-2-4-8-16)14-23-11-5-9-18(15-23)24-12-6-10-19(24)25/h2-4,7-8,13,18H,5-6,9-12,14-15H2,1H3. The lowest BCUT2D eigenvalue weighted by molar-refractivity contribution is -0.130. The van der Waals surface area contributed by atoms with Crippen LogP contribution < -0.4 is 0 Å². The van der Waals surface area contributed by atoms with Crippen molar-refractivity contribution in [1.82, 2.24) is 19.6 Å². The Kier molecular flexibility index (Phi) is 4.57. The molecule has 0 spiro atoms. The lowest BCUT2D eigenvalue weighted by Crippen LogP contribution is -2.48. The molecular formula is C20H26N4O. The summed E-state index contributed by atoms with van der Waals surface area (Å²) >= 11 is 0. The second-order valence-electron chi connectivity index (χ2n) is 7.26. The van der Waals surface area contributed by atoms with E-state index in [1.165, 1.54) is 11.1 Å². The summed E-state index contributed by atoms with van der Waals surface area (Å²) in [6.45, 7) is 3.92. The van der Waals surface area contributed by atoms with Gasteiger partial charge in [0.25, 0.3) is 0 Å². The van der Waals surface area contributed by atoms with Gasteiger partial charge in [0.2, 0.25) is 5.91 Å². The van der Waals surface area contributed by atoms with Crippen LogP contribution in [-0.4, -0.2) is 51.2 Å². The summed E-state index contributed by atoms with van der Waals surface area (Å²) in [5.74, 6) is 0.346. The summed E-state index contributed by atoms with van der Waals surface area (Å²) < 4.78 is 1.91. The van der Waals surface area contributed by atoms with Crippen LogP contribution in [0.25, 0.3) is 11.3 Å². The van der Waals surface area contributed by atoms with Crippen molar-refractivity contribution in [1.29, 1.82) is 0 Å². The maximum Gasteiger partial charge on any atom is 0.222 e. The molecule has 0 bridgehead atoms. The molecule has 0 radical (unpaired) electrons.